The predicted octanol–water partition coefficient (Wildman–Crippen LogP) is 5.40. The highest BCUT2D eigenvalue weighted by Crippen LogP contribution is 2.19. The molecule has 1 N–H and O–H groups in total. The fourth-order valence-electron chi connectivity index (χ4n) is 2.37. The van der Waals surface area contributed by atoms with Crippen molar-refractivity contribution in [2.24, 2.45) is 0 Å². The molecule has 138 valence electrons. The average molecular weight is 397 g/mol. The van der Waals surface area contributed by atoms with Gasteiger partial charge < -0.3 is 10.1 Å². The van der Waals surface area contributed by atoms with E-state index in [1.54, 1.807) is 29.2 Å². The number of rotatable bonds is 7. The van der Waals surface area contributed by atoms with E-state index in [1.165, 1.54) is 6.08 Å². The zero-order chi connectivity index (χ0) is 19.1. The number of amides is 1. The minimum absolute atomic E-state index is 0.170. The molecule has 1 amide bonds. The molecule has 0 aliphatic heterocycles. The van der Waals surface area contributed by atoms with E-state index in [0.29, 0.717) is 6.61 Å². The first-order chi connectivity index (χ1) is 13.1. The Morgan fingerprint density at radius 1 is 1.26 bits per heavy atom. The van der Waals surface area contributed by atoms with Gasteiger partial charge in [-0.2, -0.15) is 0 Å². The second-order valence-corrected chi connectivity index (χ2v) is 7.71. The number of nitrogens with zero attached hydrogens (tertiary/aromatic N) is 1. The molecular formula is C21H20N2O2S2. The molecule has 0 spiro atoms. The second-order valence-electron chi connectivity index (χ2n) is 5.77. The van der Waals surface area contributed by atoms with Crippen molar-refractivity contribution in [2.45, 2.75) is 18.4 Å². The van der Waals surface area contributed by atoms with Gasteiger partial charge in [0.05, 0.1) is 10.7 Å². The van der Waals surface area contributed by atoms with Crippen LogP contribution in [0.4, 0.5) is 5.69 Å². The summed E-state index contributed by atoms with van der Waals surface area (Å²) in [7, 11) is 0. The molecule has 0 unspecified atom stereocenters. The molecule has 0 aliphatic carbocycles. The molecule has 0 bridgehead atoms. The molecule has 4 nitrogen and oxygen atoms in total. The summed E-state index contributed by atoms with van der Waals surface area (Å²) in [6.07, 6.45) is 5.31. The maximum absolute atomic E-state index is 12.1. The van der Waals surface area contributed by atoms with Gasteiger partial charge in [0.1, 0.15) is 12.4 Å². The maximum Gasteiger partial charge on any atom is 0.248 e. The lowest BCUT2D eigenvalue weighted by Crippen LogP contribution is -2.07. The van der Waals surface area contributed by atoms with Crippen LogP contribution in [0, 0.1) is 6.92 Å². The summed E-state index contributed by atoms with van der Waals surface area (Å²) in [5.74, 6) is 0.576. The van der Waals surface area contributed by atoms with Crippen molar-refractivity contribution in [1.29, 1.82) is 0 Å². The number of carbonyl (C=O) groups is 1. The summed E-state index contributed by atoms with van der Waals surface area (Å²) < 4.78 is 5.78. The van der Waals surface area contributed by atoms with Crippen molar-refractivity contribution in [2.75, 3.05) is 11.6 Å². The molecule has 0 saturated carbocycles. The summed E-state index contributed by atoms with van der Waals surface area (Å²) in [5.41, 5.74) is 2.60. The Hall–Kier alpha value is -2.57. The van der Waals surface area contributed by atoms with Gasteiger partial charge in [0.2, 0.25) is 5.91 Å². The standard InChI is InChI=1S/C21H20N2O2S2/c1-15-22-18(14-27-15)13-25-19-5-3-4-16(12-19)6-11-21(24)23-17-7-9-20(26-2)10-8-17/h3-12,14H,13H2,1-2H3,(H,23,24)/b11-6+. The van der Waals surface area contributed by atoms with E-state index in [-0.39, 0.29) is 5.91 Å². The van der Waals surface area contributed by atoms with E-state index in [2.05, 4.69) is 10.3 Å². The van der Waals surface area contributed by atoms with Gasteiger partial charge in [0, 0.05) is 22.0 Å². The first-order valence-corrected chi connectivity index (χ1v) is 10.5. The number of ether oxygens (including phenoxy) is 1. The highest BCUT2D eigenvalue weighted by Gasteiger charge is 2.02. The maximum atomic E-state index is 12.1. The quantitative estimate of drug-likeness (QED) is 0.429. The van der Waals surface area contributed by atoms with Crippen molar-refractivity contribution in [3.8, 4) is 5.75 Å². The molecule has 27 heavy (non-hydrogen) atoms. The molecule has 3 rings (SSSR count). The number of thioether (sulfide) groups is 1. The van der Waals surface area contributed by atoms with Crippen molar-refractivity contribution in [3.63, 3.8) is 0 Å². The first kappa shape index (κ1) is 19.2. The smallest absolute Gasteiger partial charge is 0.248 e. The zero-order valence-electron chi connectivity index (χ0n) is 15.1. The second kappa shape index (κ2) is 9.39. The average Bonchev–Trinajstić information content (AvgIpc) is 3.11. The monoisotopic (exact) mass is 396 g/mol. The summed E-state index contributed by atoms with van der Waals surface area (Å²) in [5, 5.41) is 5.88. The number of thiazole rings is 1. The van der Waals surface area contributed by atoms with Crippen LogP contribution >= 0.6 is 23.1 Å². The van der Waals surface area contributed by atoms with Gasteiger partial charge in [-0.05, 0) is 61.2 Å². The number of nitrogens with one attached hydrogen (secondary N) is 1. The van der Waals surface area contributed by atoms with Crippen LogP contribution in [0.3, 0.4) is 0 Å². The highest BCUT2D eigenvalue weighted by molar-refractivity contribution is 7.98. The van der Waals surface area contributed by atoms with Gasteiger partial charge in [0.25, 0.3) is 0 Å². The Morgan fingerprint density at radius 2 is 2.07 bits per heavy atom. The van der Waals surface area contributed by atoms with Crippen LogP contribution in [0.5, 0.6) is 5.75 Å². The van der Waals surface area contributed by atoms with Crippen LogP contribution in [0.15, 0.2) is 64.9 Å². The summed E-state index contributed by atoms with van der Waals surface area (Å²) in [6, 6.07) is 15.4. The molecular weight excluding hydrogens is 376 g/mol. The fourth-order valence-corrected chi connectivity index (χ4v) is 3.38. The number of hydrogen-bond acceptors (Lipinski definition) is 5. The lowest BCUT2D eigenvalue weighted by Gasteiger charge is -2.05. The Bertz CT molecular complexity index is 933. The van der Waals surface area contributed by atoms with Crippen LogP contribution < -0.4 is 10.1 Å². The Balaban J connectivity index is 1.56. The van der Waals surface area contributed by atoms with Crippen molar-refractivity contribution < 1.29 is 9.53 Å². The van der Waals surface area contributed by atoms with Crippen LogP contribution in [0.25, 0.3) is 6.08 Å². The molecule has 0 fully saturated rings. The van der Waals surface area contributed by atoms with E-state index in [0.717, 1.165) is 32.6 Å². The third-order valence-corrected chi connectivity index (χ3v) is 5.26. The van der Waals surface area contributed by atoms with E-state index in [9.17, 15) is 4.79 Å². The van der Waals surface area contributed by atoms with Crippen molar-refractivity contribution in [1.82, 2.24) is 4.98 Å². The molecule has 6 heteroatoms. The molecule has 0 radical (unpaired) electrons. The molecule has 0 saturated heterocycles. The largest absolute Gasteiger partial charge is 0.487 e. The van der Waals surface area contributed by atoms with Gasteiger partial charge in [0.15, 0.2) is 0 Å². The predicted molar refractivity (Wildman–Crippen MR) is 114 cm³/mol. The third kappa shape index (κ3) is 5.98. The van der Waals surface area contributed by atoms with Crippen LogP contribution in [0.1, 0.15) is 16.3 Å². The van der Waals surface area contributed by atoms with Gasteiger partial charge in [-0.25, -0.2) is 4.98 Å². The summed E-state index contributed by atoms with van der Waals surface area (Å²) in [4.78, 5) is 17.6. The number of benzene rings is 2. The molecule has 1 aromatic heterocycles. The minimum Gasteiger partial charge on any atom is -0.487 e. The van der Waals surface area contributed by atoms with Gasteiger partial charge in [-0.1, -0.05) is 12.1 Å². The lowest BCUT2D eigenvalue weighted by atomic mass is 10.2. The topological polar surface area (TPSA) is 51.2 Å². The normalized spacial score (nSPS) is 10.9. The van der Waals surface area contributed by atoms with Crippen molar-refractivity contribution >= 4 is 40.8 Å². The SMILES string of the molecule is CSc1ccc(NC(=O)/C=C/c2cccc(OCc3csc(C)n3)c2)cc1. The number of anilines is 1. The number of aromatic nitrogens is 1. The van der Waals surface area contributed by atoms with Gasteiger partial charge >= 0.3 is 0 Å². The third-order valence-electron chi connectivity index (χ3n) is 3.70. The number of aryl methyl sites for hydroxylation is 1. The van der Waals surface area contributed by atoms with E-state index < -0.39 is 0 Å². The van der Waals surface area contributed by atoms with E-state index in [1.807, 2.05) is 67.1 Å². The highest BCUT2D eigenvalue weighted by atomic mass is 32.2. The van der Waals surface area contributed by atoms with Crippen molar-refractivity contribution in [3.05, 3.63) is 76.3 Å². The summed E-state index contributed by atoms with van der Waals surface area (Å²) >= 11 is 3.28. The van der Waals surface area contributed by atoms with E-state index in [4.69, 9.17) is 4.74 Å². The Kier molecular flexibility index (Phi) is 6.68. The molecule has 2 aromatic carbocycles. The Morgan fingerprint density at radius 3 is 2.78 bits per heavy atom. The Labute approximate surface area is 167 Å². The van der Waals surface area contributed by atoms with E-state index >= 15 is 0 Å². The van der Waals surface area contributed by atoms with Gasteiger partial charge in [-0.15, -0.1) is 23.1 Å². The number of carbonyl (C=O) groups excluding carboxylic acids is 1. The molecule has 0 atom stereocenters. The lowest BCUT2D eigenvalue weighted by molar-refractivity contribution is -0.111. The minimum atomic E-state index is -0.170. The van der Waals surface area contributed by atoms with Crippen LogP contribution in [-0.4, -0.2) is 17.1 Å². The number of hydrogen-bond donors (Lipinski definition) is 1. The first-order valence-electron chi connectivity index (χ1n) is 8.39. The molecule has 3 aromatic rings. The van der Waals surface area contributed by atoms with Gasteiger partial charge in [-0.3, -0.25) is 4.79 Å². The summed E-state index contributed by atoms with van der Waals surface area (Å²) in [6.45, 7) is 2.41. The van der Waals surface area contributed by atoms with Crippen LogP contribution in [-0.2, 0) is 11.4 Å². The molecule has 0 aliphatic rings. The fraction of sp³-hybridized carbons (Fsp3) is 0.143. The zero-order valence-corrected chi connectivity index (χ0v) is 16.8. The van der Waals surface area contributed by atoms with Crippen LogP contribution in [0.2, 0.25) is 0 Å². The molecule has 1 heterocycles.